The van der Waals surface area contributed by atoms with Crippen molar-refractivity contribution in [3.05, 3.63) is 58.6 Å². The summed E-state index contributed by atoms with van der Waals surface area (Å²) in [5.74, 6) is 0.133. The van der Waals surface area contributed by atoms with Gasteiger partial charge in [0.25, 0.3) is 5.91 Å². The zero-order valence-electron chi connectivity index (χ0n) is 20.2. The number of halogens is 2. The first-order valence-corrected chi connectivity index (χ1v) is 12.7. The highest BCUT2D eigenvalue weighted by molar-refractivity contribution is 6.32. The molecular formula is C27H33Cl2N5O. The molecule has 6 nitrogen and oxygen atoms in total. The molecule has 0 saturated carbocycles. The first-order valence-electron chi connectivity index (χ1n) is 12.3. The number of nitrogens with one attached hydrogen (secondary N) is 1. The topological polar surface area (TPSA) is 62.6 Å². The zero-order chi connectivity index (χ0) is 23.7. The summed E-state index contributed by atoms with van der Waals surface area (Å²) in [5, 5.41) is 13.0. The van der Waals surface area contributed by atoms with Gasteiger partial charge in [0.15, 0.2) is 0 Å². The van der Waals surface area contributed by atoms with Gasteiger partial charge >= 0.3 is 0 Å². The first kappa shape index (κ1) is 25.6. The molecular weight excluding hydrogens is 481 g/mol. The molecule has 5 rings (SSSR count). The van der Waals surface area contributed by atoms with Crippen LogP contribution in [0.25, 0.3) is 0 Å². The molecule has 2 aromatic rings. The van der Waals surface area contributed by atoms with E-state index in [4.69, 9.17) is 11.6 Å². The second-order valence-electron chi connectivity index (χ2n) is 10.0. The minimum Gasteiger partial charge on any atom is -0.371 e. The Bertz CT molecular complexity index is 1090. The maximum Gasteiger partial charge on any atom is 0.253 e. The summed E-state index contributed by atoms with van der Waals surface area (Å²) in [7, 11) is 0. The highest BCUT2D eigenvalue weighted by atomic mass is 35.5. The first-order chi connectivity index (χ1) is 16.5. The fourth-order valence-electron chi connectivity index (χ4n) is 5.90. The Kier molecular flexibility index (Phi) is 7.80. The molecule has 35 heavy (non-hydrogen) atoms. The van der Waals surface area contributed by atoms with Crippen LogP contribution in [0.4, 0.5) is 11.4 Å². The van der Waals surface area contributed by atoms with E-state index in [9.17, 15) is 10.1 Å². The van der Waals surface area contributed by atoms with Gasteiger partial charge in [-0.2, -0.15) is 5.26 Å². The quantitative estimate of drug-likeness (QED) is 0.651. The lowest BCUT2D eigenvalue weighted by Gasteiger charge is -2.40. The van der Waals surface area contributed by atoms with E-state index < -0.39 is 0 Å². The molecule has 1 unspecified atom stereocenters. The summed E-state index contributed by atoms with van der Waals surface area (Å²) in [6.45, 7) is 8.67. The smallest absolute Gasteiger partial charge is 0.253 e. The number of hydrogen-bond acceptors (Lipinski definition) is 5. The minimum atomic E-state index is 0. The van der Waals surface area contributed by atoms with Crippen molar-refractivity contribution in [3.63, 3.8) is 0 Å². The normalized spacial score (nSPS) is 21.5. The lowest BCUT2D eigenvalue weighted by Crippen LogP contribution is -2.46. The van der Waals surface area contributed by atoms with Gasteiger partial charge in [0.1, 0.15) is 6.07 Å². The number of anilines is 2. The average Bonchev–Trinajstić information content (AvgIpc) is 3.20. The van der Waals surface area contributed by atoms with Gasteiger partial charge in [-0.05, 0) is 74.1 Å². The Morgan fingerprint density at radius 2 is 1.71 bits per heavy atom. The maximum absolute atomic E-state index is 12.7. The molecule has 0 radical (unpaired) electrons. The van der Waals surface area contributed by atoms with Gasteiger partial charge in [-0.3, -0.25) is 4.79 Å². The fourth-order valence-corrected chi connectivity index (χ4v) is 6.12. The molecule has 1 amide bonds. The number of piperidine rings is 1. The number of amides is 1. The SMILES string of the molecule is CC1CC2(CCN(c3ccc(C(=O)N4CCNCC4)cc3)CC2)CN1c1ccc(C#N)c(Cl)c1.Cl. The van der Waals surface area contributed by atoms with E-state index in [2.05, 4.69) is 40.2 Å². The van der Waals surface area contributed by atoms with Gasteiger partial charge in [-0.15, -0.1) is 12.4 Å². The van der Waals surface area contributed by atoms with E-state index >= 15 is 0 Å². The van der Waals surface area contributed by atoms with Crippen LogP contribution < -0.4 is 15.1 Å². The Balaban J connectivity index is 0.00000289. The lowest BCUT2D eigenvalue weighted by molar-refractivity contribution is 0.0736. The number of piperazine rings is 1. The molecule has 3 aliphatic heterocycles. The summed E-state index contributed by atoms with van der Waals surface area (Å²) >= 11 is 6.31. The summed E-state index contributed by atoms with van der Waals surface area (Å²) in [4.78, 5) is 19.6. The Hall–Kier alpha value is -2.46. The number of nitriles is 1. The third-order valence-electron chi connectivity index (χ3n) is 7.88. The van der Waals surface area contributed by atoms with Gasteiger partial charge < -0.3 is 20.0 Å². The van der Waals surface area contributed by atoms with Crippen LogP contribution in [0, 0.1) is 16.7 Å². The van der Waals surface area contributed by atoms with Crippen molar-refractivity contribution in [1.82, 2.24) is 10.2 Å². The van der Waals surface area contributed by atoms with Gasteiger partial charge in [0, 0.05) is 68.8 Å². The van der Waals surface area contributed by atoms with E-state index in [0.29, 0.717) is 22.0 Å². The molecule has 1 atom stereocenters. The van der Waals surface area contributed by atoms with Crippen molar-refractivity contribution >= 4 is 41.3 Å². The number of carbonyl (C=O) groups excluding carboxylic acids is 1. The maximum atomic E-state index is 12.7. The van der Waals surface area contributed by atoms with Gasteiger partial charge in [0.05, 0.1) is 10.6 Å². The molecule has 3 heterocycles. The second kappa shape index (κ2) is 10.7. The molecule has 186 valence electrons. The standard InChI is InChI=1S/C27H32ClN5O.ClH/c1-20-17-27(19-33(20)24-7-4-22(18-29)25(28)16-24)8-12-31(13-9-27)23-5-2-21(3-6-23)26(34)32-14-10-30-11-15-32;/h2-7,16,20,30H,8-15,17,19H2,1H3;1H. The highest BCUT2D eigenvalue weighted by Crippen LogP contribution is 2.45. The van der Waals surface area contributed by atoms with Crippen LogP contribution >= 0.6 is 24.0 Å². The average molecular weight is 515 g/mol. The van der Waals surface area contributed by atoms with Gasteiger partial charge in [0.2, 0.25) is 0 Å². The largest absolute Gasteiger partial charge is 0.371 e. The van der Waals surface area contributed by atoms with E-state index in [1.165, 1.54) is 12.1 Å². The molecule has 0 aromatic heterocycles. The molecule has 3 fully saturated rings. The van der Waals surface area contributed by atoms with E-state index in [0.717, 1.165) is 69.9 Å². The number of carbonyl (C=O) groups is 1. The summed E-state index contributed by atoms with van der Waals surface area (Å²) in [5.41, 5.74) is 3.93. The van der Waals surface area contributed by atoms with Crippen LogP contribution in [0.15, 0.2) is 42.5 Å². The van der Waals surface area contributed by atoms with E-state index in [-0.39, 0.29) is 18.3 Å². The number of rotatable bonds is 3. The Morgan fingerprint density at radius 3 is 2.34 bits per heavy atom. The van der Waals surface area contributed by atoms with Crippen LogP contribution in [0.1, 0.15) is 42.1 Å². The summed E-state index contributed by atoms with van der Waals surface area (Å²) < 4.78 is 0. The molecule has 0 aliphatic carbocycles. The van der Waals surface area contributed by atoms with Crippen LogP contribution in [0.2, 0.25) is 5.02 Å². The fraction of sp³-hybridized carbons (Fsp3) is 0.481. The van der Waals surface area contributed by atoms with Crippen LogP contribution in [0.5, 0.6) is 0 Å². The molecule has 0 bridgehead atoms. The molecule has 3 saturated heterocycles. The predicted octanol–water partition coefficient (Wildman–Crippen LogP) is 4.56. The van der Waals surface area contributed by atoms with Crippen molar-refractivity contribution in [1.29, 1.82) is 5.26 Å². The van der Waals surface area contributed by atoms with Crippen LogP contribution in [0.3, 0.4) is 0 Å². The van der Waals surface area contributed by atoms with Crippen molar-refractivity contribution in [2.24, 2.45) is 5.41 Å². The number of nitrogens with zero attached hydrogens (tertiary/aromatic N) is 4. The van der Waals surface area contributed by atoms with Gasteiger partial charge in [-0.25, -0.2) is 0 Å². The third-order valence-corrected chi connectivity index (χ3v) is 8.19. The third kappa shape index (κ3) is 5.23. The van der Waals surface area contributed by atoms with Crippen LogP contribution in [-0.2, 0) is 0 Å². The van der Waals surface area contributed by atoms with Crippen molar-refractivity contribution in [3.8, 4) is 6.07 Å². The minimum absolute atomic E-state index is 0. The van der Waals surface area contributed by atoms with Crippen molar-refractivity contribution in [2.45, 2.75) is 32.2 Å². The molecule has 1 spiro atoms. The van der Waals surface area contributed by atoms with E-state index in [1.54, 1.807) is 0 Å². The highest BCUT2D eigenvalue weighted by Gasteiger charge is 2.44. The molecule has 3 aliphatic rings. The lowest BCUT2D eigenvalue weighted by atomic mass is 9.76. The summed E-state index contributed by atoms with van der Waals surface area (Å²) in [6, 6.07) is 16.6. The zero-order valence-corrected chi connectivity index (χ0v) is 21.7. The summed E-state index contributed by atoms with van der Waals surface area (Å²) in [6.07, 6.45) is 3.48. The van der Waals surface area contributed by atoms with E-state index in [1.807, 2.05) is 35.2 Å². The van der Waals surface area contributed by atoms with Crippen LogP contribution in [-0.4, -0.2) is 62.7 Å². The van der Waals surface area contributed by atoms with Crippen molar-refractivity contribution in [2.75, 3.05) is 55.6 Å². The van der Waals surface area contributed by atoms with Crippen molar-refractivity contribution < 1.29 is 4.79 Å². The molecule has 2 aromatic carbocycles. The number of hydrogen-bond donors (Lipinski definition) is 1. The molecule has 1 N–H and O–H groups in total. The van der Waals surface area contributed by atoms with Gasteiger partial charge in [-0.1, -0.05) is 11.6 Å². The molecule has 8 heteroatoms. The number of benzene rings is 2. The Labute approximate surface area is 219 Å². The monoisotopic (exact) mass is 513 g/mol. The Morgan fingerprint density at radius 1 is 1.06 bits per heavy atom. The predicted molar refractivity (Wildman–Crippen MR) is 144 cm³/mol. The second-order valence-corrected chi connectivity index (χ2v) is 10.4.